The summed E-state index contributed by atoms with van der Waals surface area (Å²) < 4.78 is 0. The van der Waals surface area contributed by atoms with E-state index in [0.717, 1.165) is 18.4 Å². The molecule has 17 heavy (non-hydrogen) atoms. The zero-order valence-electron chi connectivity index (χ0n) is 9.74. The van der Waals surface area contributed by atoms with Gasteiger partial charge >= 0.3 is 0 Å². The van der Waals surface area contributed by atoms with Gasteiger partial charge in [-0.05, 0) is 43.4 Å². The van der Waals surface area contributed by atoms with Crippen molar-refractivity contribution in [1.29, 1.82) is 0 Å². The Bertz CT molecular complexity index is 427. The van der Waals surface area contributed by atoms with Gasteiger partial charge in [-0.2, -0.15) is 0 Å². The zero-order valence-corrected chi connectivity index (χ0v) is 10.5. The van der Waals surface area contributed by atoms with Gasteiger partial charge in [0.05, 0.1) is 6.10 Å². The maximum Gasteiger partial charge on any atom is 0.251 e. The van der Waals surface area contributed by atoms with E-state index in [4.69, 9.17) is 16.7 Å². The van der Waals surface area contributed by atoms with E-state index in [1.54, 1.807) is 12.1 Å². The SMILES string of the molecule is Cc1ccc(Cl)cc1C(=O)NCC1CC(O)C1. The molecule has 0 radical (unpaired) electrons. The summed E-state index contributed by atoms with van der Waals surface area (Å²) in [5.41, 5.74) is 1.54. The lowest BCUT2D eigenvalue weighted by Crippen LogP contribution is -2.38. The smallest absolute Gasteiger partial charge is 0.251 e. The van der Waals surface area contributed by atoms with E-state index in [0.29, 0.717) is 23.0 Å². The number of aliphatic hydroxyl groups is 1. The predicted molar refractivity (Wildman–Crippen MR) is 67.3 cm³/mol. The fraction of sp³-hybridized carbons (Fsp3) is 0.462. The summed E-state index contributed by atoms with van der Waals surface area (Å²) in [7, 11) is 0. The van der Waals surface area contributed by atoms with Crippen molar-refractivity contribution in [3.63, 3.8) is 0 Å². The number of hydrogen-bond donors (Lipinski definition) is 2. The highest BCUT2D eigenvalue weighted by atomic mass is 35.5. The Morgan fingerprint density at radius 1 is 1.53 bits per heavy atom. The molecule has 1 fully saturated rings. The number of halogens is 1. The molecule has 2 N–H and O–H groups in total. The first kappa shape index (κ1) is 12.4. The highest BCUT2D eigenvalue weighted by molar-refractivity contribution is 6.31. The third-order valence-electron chi connectivity index (χ3n) is 3.21. The number of rotatable bonds is 3. The number of hydrogen-bond acceptors (Lipinski definition) is 2. The average molecular weight is 254 g/mol. The standard InChI is InChI=1S/C13H16ClNO2/c1-8-2-3-10(14)6-12(8)13(17)15-7-9-4-11(16)5-9/h2-3,6,9,11,16H,4-5,7H2,1H3,(H,15,17). The monoisotopic (exact) mass is 253 g/mol. The van der Waals surface area contributed by atoms with Gasteiger partial charge in [0.15, 0.2) is 0 Å². The molecule has 1 amide bonds. The van der Waals surface area contributed by atoms with Crippen LogP contribution in [0.4, 0.5) is 0 Å². The normalized spacial score (nSPS) is 23.0. The molecule has 1 aliphatic rings. The van der Waals surface area contributed by atoms with Crippen molar-refractivity contribution in [1.82, 2.24) is 5.32 Å². The average Bonchev–Trinajstić information content (AvgIpc) is 2.26. The van der Waals surface area contributed by atoms with Gasteiger partial charge < -0.3 is 10.4 Å². The number of amides is 1. The zero-order chi connectivity index (χ0) is 12.4. The molecule has 0 spiro atoms. The van der Waals surface area contributed by atoms with Gasteiger partial charge in [0.25, 0.3) is 5.91 Å². The van der Waals surface area contributed by atoms with Crippen molar-refractivity contribution in [2.75, 3.05) is 6.54 Å². The van der Waals surface area contributed by atoms with Gasteiger partial charge in [-0.3, -0.25) is 4.79 Å². The van der Waals surface area contributed by atoms with Crippen LogP contribution >= 0.6 is 11.6 Å². The summed E-state index contributed by atoms with van der Waals surface area (Å²) in [4.78, 5) is 11.9. The first-order valence-corrected chi connectivity index (χ1v) is 6.16. The Labute approximate surface area is 106 Å². The van der Waals surface area contributed by atoms with Crippen LogP contribution in [0.2, 0.25) is 5.02 Å². The summed E-state index contributed by atoms with van der Waals surface area (Å²) in [6.45, 7) is 2.51. The second-order valence-electron chi connectivity index (χ2n) is 4.66. The molecule has 0 unspecified atom stereocenters. The van der Waals surface area contributed by atoms with Crippen molar-refractivity contribution >= 4 is 17.5 Å². The Morgan fingerprint density at radius 2 is 2.24 bits per heavy atom. The first-order chi connectivity index (χ1) is 8.06. The Morgan fingerprint density at radius 3 is 2.88 bits per heavy atom. The van der Waals surface area contributed by atoms with Crippen LogP contribution in [-0.4, -0.2) is 23.7 Å². The summed E-state index contributed by atoms with van der Waals surface area (Å²) in [6.07, 6.45) is 1.40. The molecule has 1 aromatic rings. The van der Waals surface area contributed by atoms with Crippen molar-refractivity contribution in [3.8, 4) is 0 Å². The van der Waals surface area contributed by atoms with Crippen LogP contribution in [0.3, 0.4) is 0 Å². The van der Waals surface area contributed by atoms with Crippen LogP contribution in [0.15, 0.2) is 18.2 Å². The lowest BCUT2D eigenvalue weighted by atomic mass is 9.82. The van der Waals surface area contributed by atoms with E-state index in [1.807, 2.05) is 13.0 Å². The maximum absolute atomic E-state index is 11.9. The van der Waals surface area contributed by atoms with E-state index in [-0.39, 0.29) is 12.0 Å². The van der Waals surface area contributed by atoms with Gasteiger partial charge in [0.1, 0.15) is 0 Å². The number of nitrogens with one attached hydrogen (secondary N) is 1. The van der Waals surface area contributed by atoms with Gasteiger partial charge in [-0.15, -0.1) is 0 Å². The molecule has 0 atom stereocenters. The van der Waals surface area contributed by atoms with Gasteiger partial charge in [-0.25, -0.2) is 0 Å². The van der Waals surface area contributed by atoms with Gasteiger partial charge in [0, 0.05) is 17.1 Å². The Hall–Kier alpha value is -1.06. The van der Waals surface area contributed by atoms with Crippen molar-refractivity contribution in [2.24, 2.45) is 5.92 Å². The summed E-state index contributed by atoms with van der Waals surface area (Å²) >= 11 is 5.87. The minimum Gasteiger partial charge on any atom is -0.393 e. The highest BCUT2D eigenvalue weighted by Gasteiger charge is 2.27. The minimum absolute atomic E-state index is 0.0913. The maximum atomic E-state index is 11.9. The van der Waals surface area contributed by atoms with Gasteiger partial charge in [-0.1, -0.05) is 17.7 Å². The second-order valence-corrected chi connectivity index (χ2v) is 5.10. The predicted octanol–water partition coefficient (Wildman–Crippen LogP) is 2.15. The Kier molecular flexibility index (Phi) is 3.69. The number of benzene rings is 1. The van der Waals surface area contributed by atoms with Crippen LogP contribution in [0.25, 0.3) is 0 Å². The third-order valence-corrected chi connectivity index (χ3v) is 3.44. The number of carbonyl (C=O) groups is 1. The Balaban J connectivity index is 1.92. The molecule has 1 saturated carbocycles. The van der Waals surface area contributed by atoms with E-state index in [9.17, 15) is 4.79 Å². The van der Waals surface area contributed by atoms with Crippen LogP contribution < -0.4 is 5.32 Å². The topological polar surface area (TPSA) is 49.3 Å². The van der Waals surface area contributed by atoms with E-state index >= 15 is 0 Å². The van der Waals surface area contributed by atoms with Crippen molar-refractivity contribution in [2.45, 2.75) is 25.9 Å². The molecular weight excluding hydrogens is 238 g/mol. The van der Waals surface area contributed by atoms with Crippen LogP contribution in [0.1, 0.15) is 28.8 Å². The van der Waals surface area contributed by atoms with Crippen LogP contribution in [0.5, 0.6) is 0 Å². The molecule has 1 aromatic carbocycles. The van der Waals surface area contributed by atoms with Crippen LogP contribution in [-0.2, 0) is 0 Å². The molecular formula is C13H16ClNO2. The van der Waals surface area contributed by atoms with Crippen molar-refractivity contribution in [3.05, 3.63) is 34.3 Å². The summed E-state index contributed by atoms with van der Waals surface area (Å²) in [5, 5.41) is 12.6. The quantitative estimate of drug-likeness (QED) is 0.867. The molecule has 0 aliphatic heterocycles. The number of carbonyl (C=O) groups excluding carboxylic acids is 1. The second kappa shape index (κ2) is 5.07. The number of aliphatic hydroxyl groups excluding tert-OH is 1. The lowest BCUT2D eigenvalue weighted by Gasteiger charge is -2.31. The molecule has 4 heteroatoms. The highest BCUT2D eigenvalue weighted by Crippen LogP contribution is 2.26. The largest absolute Gasteiger partial charge is 0.393 e. The third kappa shape index (κ3) is 2.99. The first-order valence-electron chi connectivity index (χ1n) is 5.78. The minimum atomic E-state index is -0.176. The van der Waals surface area contributed by atoms with Crippen LogP contribution in [0, 0.1) is 12.8 Å². The molecule has 0 aromatic heterocycles. The van der Waals surface area contributed by atoms with E-state index < -0.39 is 0 Å². The fourth-order valence-corrected chi connectivity index (χ4v) is 2.21. The van der Waals surface area contributed by atoms with Crippen molar-refractivity contribution < 1.29 is 9.90 Å². The molecule has 1 aliphatic carbocycles. The molecule has 3 nitrogen and oxygen atoms in total. The molecule has 0 heterocycles. The molecule has 0 bridgehead atoms. The van der Waals surface area contributed by atoms with Gasteiger partial charge in [0.2, 0.25) is 0 Å². The fourth-order valence-electron chi connectivity index (χ4n) is 2.04. The van der Waals surface area contributed by atoms with E-state index in [1.165, 1.54) is 0 Å². The summed E-state index contributed by atoms with van der Waals surface area (Å²) in [5.74, 6) is 0.319. The molecule has 92 valence electrons. The number of aryl methyl sites for hydroxylation is 1. The lowest BCUT2D eigenvalue weighted by molar-refractivity contribution is 0.0420. The molecule has 0 saturated heterocycles. The van der Waals surface area contributed by atoms with E-state index in [2.05, 4.69) is 5.32 Å². The molecule has 2 rings (SSSR count). The summed E-state index contributed by atoms with van der Waals surface area (Å²) in [6, 6.07) is 5.29.